The van der Waals surface area contributed by atoms with Crippen LogP contribution < -0.4 is 11.3 Å². The van der Waals surface area contributed by atoms with Crippen LogP contribution >= 0.6 is 0 Å². The minimum Gasteiger partial charge on any atom is -0.271 e. The molecule has 0 radical (unpaired) electrons. The molecule has 0 aliphatic rings. The summed E-state index contributed by atoms with van der Waals surface area (Å²) in [6.07, 6.45) is 1.09. The second-order valence-electron chi connectivity index (χ2n) is 1.48. The molecule has 0 saturated carbocycles. The van der Waals surface area contributed by atoms with E-state index in [4.69, 9.17) is 5.84 Å². The summed E-state index contributed by atoms with van der Waals surface area (Å²) < 4.78 is 0. The Morgan fingerprint density at radius 1 is 1.83 bits per heavy atom. The van der Waals surface area contributed by atoms with E-state index in [0.29, 0.717) is 6.04 Å². The van der Waals surface area contributed by atoms with Crippen molar-refractivity contribution in [3.8, 4) is 0 Å². The zero-order valence-electron chi connectivity index (χ0n) is 4.36. The molecule has 0 bridgehead atoms. The van der Waals surface area contributed by atoms with Crippen LogP contribution in [0.1, 0.15) is 20.3 Å². The van der Waals surface area contributed by atoms with Crippen LogP contribution in [0.2, 0.25) is 0 Å². The largest absolute Gasteiger partial charge is 0.271 e. The van der Waals surface area contributed by atoms with Crippen LogP contribution in [0.3, 0.4) is 0 Å². The van der Waals surface area contributed by atoms with Crippen molar-refractivity contribution in [3.63, 3.8) is 0 Å². The lowest BCUT2D eigenvalue weighted by atomic mass is 10.3. The molecule has 0 aromatic rings. The van der Waals surface area contributed by atoms with E-state index in [-0.39, 0.29) is 0 Å². The van der Waals surface area contributed by atoms with Crippen molar-refractivity contribution < 1.29 is 0 Å². The third-order valence-electron chi connectivity index (χ3n) is 0.897. The van der Waals surface area contributed by atoms with Crippen molar-refractivity contribution in [2.75, 3.05) is 0 Å². The first-order valence-electron chi connectivity index (χ1n) is 2.27. The lowest BCUT2D eigenvalue weighted by Crippen LogP contribution is -2.31. The highest BCUT2D eigenvalue weighted by atomic mass is 15.2. The predicted octanol–water partition coefficient (Wildman–Crippen LogP) is 0.248. The van der Waals surface area contributed by atoms with Crippen LogP contribution in [-0.4, -0.2) is 6.04 Å². The summed E-state index contributed by atoms with van der Waals surface area (Å²) in [5.41, 5.74) is 2.61. The Balaban J connectivity index is 2.75. The Kier molecular flexibility index (Phi) is 3.08. The summed E-state index contributed by atoms with van der Waals surface area (Å²) >= 11 is 0. The lowest BCUT2D eigenvalue weighted by molar-refractivity contribution is 0.555. The Labute approximate surface area is 38.7 Å². The molecule has 0 spiro atoms. The van der Waals surface area contributed by atoms with Crippen molar-refractivity contribution in [3.05, 3.63) is 0 Å². The van der Waals surface area contributed by atoms with Gasteiger partial charge in [-0.1, -0.05) is 6.92 Å². The average Bonchev–Trinajstić information content (AvgIpc) is 1.65. The van der Waals surface area contributed by atoms with Crippen LogP contribution in [0.15, 0.2) is 0 Å². The maximum absolute atomic E-state index is 5.03. The number of nitrogens with two attached hydrogens (primary N) is 1. The summed E-state index contributed by atoms with van der Waals surface area (Å²) in [7, 11) is 0. The molecule has 0 heterocycles. The number of hydrogen-bond acceptors (Lipinski definition) is 2. The van der Waals surface area contributed by atoms with Crippen molar-refractivity contribution in [2.24, 2.45) is 5.84 Å². The summed E-state index contributed by atoms with van der Waals surface area (Å²) in [6, 6.07) is 0.463. The predicted molar refractivity (Wildman–Crippen MR) is 27.1 cm³/mol. The van der Waals surface area contributed by atoms with E-state index in [0.717, 1.165) is 6.42 Å². The molecule has 1 unspecified atom stereocenters. The standard InChI is InChI=1S/C4H12N2/c1-3-4(2)6-5/h4,6H,3,5H2,1-2H3. The van der Waals surface area contributed by atoms with Gasteiger partial charge in [-0.25, -0.2) is 0 Å². The average molecular weight is 88.2 g/mol. The summed E-state index contributed by atoms with van der Waals surface area (Å²) in [5.74, 6) is 5.03. The van der Waals surface area contributed by atoms with E-state index in [2.05, 4.69) is 12.3 Å². The highest BCUT2D eigenvalue weighted by Gasteiger charge is 1.87. The van der Waals surface area contributed by atoms with Gasteiger partial charge in [0.15, 0.2) is 0 Å². The minimum atomic E-state index is 0.463. The van der Waals surface area contributed by atoms with Gasteiger partial charge in [0.1, 0.15) is 0 Å². The molecule has 0 aliphatic heterocycles. The Hall–Kier alpha value is -0.0800. The molecule has 1 atom stereocenters. The summed E-state index contributed by atoms with van der Waals surface area (Å²) in [6.45, 7) is 4.13. The normalized spacial score (nSPS) is 14.5. The number of rotatable bonds is 2. The zero-order valence-corrected chi connectivity index (χ0v) is 4.36. The maximum Gasteiger partial charge on any atom is 0.0179 e. The smallest absolute Gasteiger partial charge is 0.0179 e. The van der Waals surface area contributed by atoms with Gasteiger partial charge in [-0.05, 0) is 13.3 Å². The number of hydrogen-bond donors (Lipinski definition) is 2. The van der Waals surface area contributed by atoms with Gasteiger partial charge in [0, 0.05) is 6.04 Å². The van der Waals surface area contributed by atoms with Gasteiger partial charge in [0.05, 0.1) is 0 Å². The molecule has 0 amide bonds. The first-order valence-corrected chi connectivity index (χ1v) is 2.27. The fourth-order valence-electron chi connectivity index (χ4n) is 0.118. The van der Waals surface area contributed by atoms with Crippen LogP contribution in [-0.2, 0) is 0 Å². The van der Waals surface area contributed by atoms with E-state index >= 15 is 0 Å². The van der Waals surface area contributed by atoms with Crippen molar-refractivity contribution in [2.45, 2.75) is 26.3 Å². The maximum atomic E-state index is 5.03. The van der Waals surface area contributed by atoms with Gasteiger partial charge >= 0.3 is 0 Å². The summed E-state index contributed by atoms with van der Waals surface area (Å²) in [4.78, 5) is 0. The molecule has 0 aromatic carbocycles. The molecular weight excluding hydrogens is 76.1 g/mol. The third kappa shape index (κ3) is 2.18. The second-order valence-corrected chi connectivity index (χ2v) is 1.48. The minimum absolute atomic E-state index is 0.463. The highest BCUT2D eigenvalue weighted by Crippen LogP contribution is 1.81. The van der Waals surface area contributed by atoms with Gasteiger partial charge in [-0.2, -0.15) is 0 Å². The van der Waals surface area contributed by atoms with Crippen LogP contribution in [0.5, 0.6) is 0 Å². The van der Waals surface area contributed by atoms with E-state index in [1.807, 2.05) is 6.92 Å². The molecule has 0 aromatic heterocycles. The lowest BCUT2D eigenvalue weighted by Gasteiger charge is -2.02. The molecule has 0 aliphatic carbocycles. The SMILES string of the molecule is CCC(C)NN. The van der Waals surface area contributed by atoms with Gasteiger partial charge in [-0.15, -0.1) is 0 Å². The van der Waals surface area contributed by atoms with Crippen LogP contribution in [0.4, 0.5) is 0 Å². The number of nitrogens with one attached hydrogen (secondary N) is 1. The highest BCUT2D eigenvalue weighted by molar-refractivity contribution is 4.47. The van der Waals surface area contributed by atoms with Crippen molar-refractivity contribution >= 4 is 0 Å². The molecule has 2 nitrogen and oxygen atoms in total. The molecule has 2 heteroatoms. The molecule has 0 rings (SSSR count). The van der Waals surface area contributed by atoms with Crippen molar-refractivity contribution in [1.29, 1.82) is 0 Å². The Bertz CT molecular complexity index is 24.7. The van der Waals surface area contributed by atoms with Gasteiger partial charge < -0.3 is 0 Å². The third-order valence-corrected chi connectivity index (χ3v) is 0.897. The first kappa shape index (κ1) is 5.92. The summed E-state index contributed by atoms with van der Waals surface area (Å²) in [5, 5.41) is 0. The molecule has 6 heavy (non-hydrogen) atoms. The quantitative estimate of drug-likeness (QED) is 0.375. The monoisotopic (exact) mass is 88.1 g/mol. The fraction of sp³-hybridized carbons (Fsp3) is 1.00. The molecule has 3 N–H and O–H groups in total. The van der Waals surface area contributed by atoms with Gasteiger partial charge in [0.2, 0.25) is 0 Å². The molecule has 0 saturated heterocycles. The Morgan fingerprint density at radius 2 is 2.33 bits per heavy atom. The van der Waals surface area contributed by atoms with Gasteiger partial charge in [-0.3, -0.25) is 11.3 Å². The van der Waals surface area contributed by atoms with Gasteiger partial charge in [0.25, 0.3) is 0 Å². The van der Waals surface area contributed by atoms with Crippen molar-refractivity contribution in [1.82, 2.24) is 5.43 Å². The Morgan fingerprint density at radius 3 is 2.33 bits per heavy atom. The molecule has 0 fully saturated rings. The van der Waals surface area contributed by atoms with E-state index in [1.54, 1.807) is 0 Å². The topological polar surface area (TPSA) is 38.0 Å². The first-order chi connectivity index (χ1) is 2.81. The zero-order chi connectivity index (χ0) is 4.99. The fourth-order valence-corrected chi connectivity index (χ4v) is 0.118. The number of hydrazine groups is 1. The second kappa shape index (κ2) is 3.12. The van der Waals surface area contributed by atoms with E-state index in [1.165, 1.54) is 0 Å². The van der Waals surface area contributed by atoms with E-state index in [9.17, 15) is 0 Å². The van der Waals surface area contributed by atoms with Crippen LogP contribution in [0.25, 0.3) is 0 Å². The molecular formula is C4H12N2. The van der Waals surface area contributed by atoms with E-state index < -0.39 is 0 Å². The van der Waals surface area contributed by atoms with Crippen LogP contribution in [0, 0.1) is 0 Å². The molecule has 38 valence electrons.